The van der Waals surface area contributed by atoms with Crippen LogP contribution in [0, 0.1) is 11.8 Å². The number of anilines is 2. The highest BCUT2D eigenvalue weighted by Crippen LogP contribution is 2.26. The molecule has 26 heavy (non-hydrogen) atoms. The summed E-state index contributed by atoms with van der Waals surface area (Å²) in [7, 11) is -3.41. The van der Waals surface area contributed by atoms with E-state index in [2.05, 4.69) is 17.1 Å². The van der Waals surface area contributed by atoms with Crippen LogP contribution < -0.4 is 14.5 Å². The molecule has 1 N–H and O–H groups in total. The fourth-order valence-electron chi connectivity index (χ4n) is 3.07. The molecule has 0 saturated carbocycles. The molecule has 1 amide bonds. The third kappa shape index (κ3) is 5.62. The number of nitrogens with one attached hydrogen (secondary N) is 1. The number of amides is 1. The first-order valence-electron chi connectivity index (χ1n) is 9.29. The maximum absolute atomic E-state index is 12.2. The van der Waals surface area contributed by atoms with Crippen molar-refractivity contribution in [2.45, 2.75) is 33.6 Å². The van der Waals surface area contributed by atoms with E-state index in [9.17, 15) is 13.2 Å². The number of rotatable bonds is 7. The zero-order valence-corrected chi connectivity index (χ0v) is 17.1. The molecule has 0 aromatic heterocycles. The maximum Gasteiger partial charge on any atom is 0.232 e. The highest BCUT2D eigenvalue weighted by atomic mass is 32.2. The van der Waals surface area contributed by atoms with Crippen LogP contribution in [0.4, 0.5) is 11.4 Å². The zero-order chi connectivity index (χ0) is 19.3. The Morgan fingerprint density at radius 1 is 1.23 bits per heavy atom. The van der Waals surface area contributed by atoms with Gasteiger partial charge >= 0.3 is 0 Å². The first kappa shape index (κ1) is 20.6. The minimum atomic E-state index is -3.41. The molecule has 2 rings (SSSR count). The topological polar surface area (TPSA) is 69.7 Å². The van der Waals surface area contributed by atoms with Crippen molar-refractivity contribution < 1.29 is 13.2 Å². The van der Waals surface area contributed by atoms with Crippen LogP contribution in [0.25, 0.3) is 0 Å². The number of nitrogens with zero attached hydrogens (tertiary/aromatic N) is 2. The fourth-order valence-corrected chi connectivity index (χ4v) is 4.00. The van der Waals surface area contributed by atoms with Crippen molar-refractivity contribution in [3.63, 3.8) is 0 Å². The van der Waals surface area contributed by atoms with Gasteiger partial charge in [-0.05, 0) is 43.0 Å². The molecule has 0 bridgehead atoms. The van der Waals surface area contributed by atoms with Gasteiger partial charge in [-0.15, -0.1) is 0 Å². The summed E-state index contributed by atoms with van der Waals surface area (Å²) in [6.07, 6.45) is 3.57. The average molecular weight is 382 g/mol. The van der Waals surface area contributed by atoms with Crippen LogP contribution in [0.1, 0.15) is 33.6 Å². The minimum Gasteiger partial charge on any atom is -0.372 e. The summed E-state index contributed by atoms with van der Waals surface area (Å²) in [4.78, 5) is 14.0. The minimum absolute atomic E-state index is 0.0758. The Labute approximate surface area is 157 Å². The third-order valence-electron chi connectivity index (χ3n) is 4.83. The molecule has 0 aliphatic carbocycles. The van der Waals surface area contributed by atoms with Gasteiger partial charge in [0.25, 0.3) is 0 Å². The van der Waals surface area contributed by atoms with Crippen LogP contribution in [-0.2, 0) is 14.8 Å². The Morgan fingerprint density at radius 2 is 1.81 bits per heavy atom. The van der Waals surface area contributed by atoms with E-state index in [1.54, 1.807) is 0 Å². The van der Waals surface area contributed by atoms with E-state index in [-0.39, 0.29) is 24.9 Å². The summed E-state index contributed by atoms with van der Waals surface area (Å²) in [5.41, 5.74) is 1.75. The van der Waals surface area contributed by atoms with Gasteiger partial charge in [0.15, 0.2) is 0 Å². The molecule has 1 aromatic rings. The van der Waals surface area contributed by atoms with E-state index in [0.717, 1.165) is 24.7 Å². The average Bonchev–Trinajstić information content (AvgIpc) is 2.58. The molecule has 1 aliphatic rings. The standard InChI is InChI=1S/C19H31N3O3S/c1-15(2)19(23)20-11-14-22(26(4,24)25)18-7-5-17(6-8-18)21-12-9-16(3)10-13-21/h5-8,15-16H,9-14H2,1-4H3,(H,20,23). The van der Waals surface area contributed by atoms with Gasteiger partial charge in [0.1, 0.15) is 0 Å². The van der Waals surface area contributed by atoms with Crippen LogP contribution in [-0.4, -0.2) is 46.8 Å². The number of benzene rings is 1. The van der Waals surface area contributed by atoms with E-state index >= 15 is 0 Å². The predicted octanol–water partition coefficient (Wildman–Crippen LogP) is 2.46. The van der Waals surface area contributed by atoms with Gasteiger partial charge in [-0.3, -0.25) is 9.10 Å². The van der Waals surface area contributed by atoms with Crippen molar-refractivity contribution in [1.29, 1.82) is 0 Å². The monoisotopic (exact) mass is 381 g/mol. The zero-order valence-electron chi connectivity index (χ0n) is 16.2. The van der Waals surface area contributed by atoms with Crippen molar-refractivity contribution in [2.75, 3.05) is 41.6 Å². The van der Waals surface area contributed by atoms with E-state index in [0.29, 0.717) is 5.69 Å². The van der Waals surface area contributed by atoms with Crippen molar-refractivity contribution in [2.24, 2.45) is 11.8 Å². The molecule has 1 fully saturated rings. The predicted molar refractivity (Wildman–Crippen MR) is 107 cm³/mol. The molecular formula is C19H31N3O3S. The Bertz CT molecular complexity index is 693. The van der Waals surface area contributed by atoms with Gasteiger partial charge in [-0.25, -0.2) is 8.42 Å². The molecule has 6 nitrogen and oxygen atoms in total. The van der Waals surface area contributed by atoms with Gasteiger partial charge < -0.3 is 10.2 Å². The van der Waals surface area contributed by atoms with Crippen molar-refractivity contribution in [3.8, 4) is 0 Å². The van der Waals surface area contributed by atoms with Gasteiger partial charge in [0, 0.05) is 31.2 Å². The molecule has 1 saturated heterocycles. The highest BCUT2D eigenvalue weighted by molar-refractivity contribution is 7.92. The van der Waals surface area contributed by atoms with Crippen LogP contribution in [0.2, 0.25) is 0 Å². The van der Waals surface area contributed by atoms with E-state index in [1.165, 1.54) is 23.4 Å². The largest absolute Gasteiger partial charge is 0.372 e. The SMILES string of the molecule is CC1CCN(c2ccc(N(CCNC(=O)C(C)C)S(C)(=O)=O)cc2)CC1. The molecule has 0 spiro atoms. The first-order chi connectivity index (χ1) is 12.2. The van der Waals surface area contributed by atoms with Crippen LogP contribution in [0.5, 0.6) is 0 Å². The van der Waals surface area contributed by atoms with Gasteiger partial charge in [-0.2, -0.15) is 0 Å². The fraction of sp³-hybridized carbons (Fsp3) is 0.632. The van der Waals surface area contributed by atoms with E-state index in [1.807, 2.05) is 38.1 Å². The lowest BCUT2D eigenvalue weighted by molar-refractivity contribution is -0.123. The summed E-state index contributed by atoms with van der Waals surface area (Å²) in [5.74, 6) is 0.577. The number of hydrogen-bond acceptors (Lipinski definition) is 4. The third-order valence-corrected chi connectivity index (χ3v) is 6.02. The number of piperidine rings is 1. The van der Waals surface area contributed by atoms with Crippen molar-refractivity contribution >= 4 is 27.3 Å². The second-order valence-corrected chi connectivity index (χ2v) is 9.37. The summed E-state index contributed by atoms with van der Waals surface area (Å²) in [6, 6.07) is 7.66. The Hall–Kier alpha value is -1.76. The molecule has 7 heteroatoms. The second kappa shape index (κ2) is 8.75. The van der Waals surface area contributed by atoms with Gasteiger partial charge in [-0.1, -0.05) is 20.8 Å². The number of carbonyl (C=O) groups excluding carboxylic acids is 1. The molecule has 146 valence electrons. The molecule has 0 unspecified atom stereocenters. The van der Waals surface area contributed by atoms with E-state index in [4.69, 9.17) is 0 Å². The second-order valence-electron chi connectivity index (χ2n) is 7.47. The van der Waals surface area contributed by atoms with Crippen LogP contribution in [0.3, 0.4) is 0 Å². The number of sulfonamides is 1. The van der Waals surface area contributed by atoms with Gasteiger partial charge in [0.2, 0.25) is 15.9 Å². The van der Waals surface area contributed by atoms with E-state index < -0.39 is 10.0 Å². The molecule has 0 atom stereocenters. The first-order valence-corrected chi connectivity index (χ1v) is 11.1. The molecule has 0 radical (unpaired) electrons. The Morgan fingerprint density at radius 3 is 2.31 bits per heavy atom. The van der Waals surface area contributed by atoms with Crippen LogP contribution in [0.15, 0.2) is 24.3 Å². The molecule has 1 aliphatic heterocycles. The van der Waals surface area contributed by atoms with Crippen LogP contribution >= 0.6 is 0 Å². The van der Waals surface area contributed by atoms with Crippen molar-refractivity contribution in [1.82, 2.24) is 5.32 Å². The molecular weight excluding hydrogens is 350 g/mol. The quantitative estimate of drug-likeness (QED) is 0.788. The lowest BCUT2D eigenvalue weighted by Gasteiger charge is -2.32. The highest BCUT2D eigenvalue weighted by Gasteiger charge is 2.19. The summed E-state index contributed by atoms with van der Waals surface area (Å²) in [5, 5.41) is 2.77. The summed E-state index contributed by atoms with van der Waals surface area (Å²) < 4.78 is 25.7. The summed E-state index contributed by atoms with van der Waals surface area (Å²) >= 11 is 0. The molecule has 1 aromatic carbocycles. The smallest absolute Gasteiger partial charge is 0.232 e. The normalized spacial score (nSPS) is 16.0. The lowest BCUT2D eigenvalue weighted by Crippen LogP contribution is -2.39. The lowest BCUT2D eigenvalue weighted by atomic mass is 9.99. The van der Waals surface area contributed by atoms with Gasteiger partial charge in [0.05, 0.1) is 18.5 Å². The number of carbonyl (C=O) groups is 1. The Kier molecular flexibility index (Phi) is 6.92. The Balaban J connectivity index is 2.05. The number of hydrogen-bond donors (Lipinski definition) is 1. The maximum atomic E-state index is 12.2. The molecule has 1 heterocycles. The summed E-state index contributed by atoms with van der Waals surface area (Å²) in [6.45, 7) is 8.48. The van der Waals surface area contributed by atoms with Crippen molar-refractivity contribution in [3.05, 3.63) is 24.3 Å².